The van der Waals surface area contributed by atoms with Crippen molar-refractivity contribution in [1.29, 1.82) is 0 Å². The van der Waals surface area contributed by atoms with Crippen molar-refractivity contribution in [3.63, 3.8) is 0 Å². The average Bonchev–Trinajstić information content (AvgIpc) is 2.78. The number of carbonyl (C=O) groups is 1. The van der Waals surface area contributed by atoms with Crippen LogP contribution in [-0.4, -0.2) is 21.4 Å². The summed E-state index contributed by atoms with van der Waals surface area (Å²) in [4.78, 5) is 12.7. The first-order valence-corrected chi connectivity index (χ1v) is 11.0. The van der Waals surface area contributed by atoms with Crippen LogP contribution >= 0.6 is 0 Å². The van der Waals surface area contributed by atoms with Crippen molar-refractivity contribution in [3.8, 4) is 5.75 Å². The Kier molecular flexibility index (Phi) is 6.74. The summed E-state index contributed by atoms with van der Waals surface area (Å²) in [6.07, 6.45) is 0.759. The topological polar surface area (TPSA) is 84.5 Å². The lowest BCUT2D eigenvalue weighted by molar-refractivity contribution is 0.0935. The van der Waals surface area contributed by atoms with Gasteiger partial charge in [0.2, 0.25) is 0 Å². The van der Waals surface area contributed by atoms with Gasteiger partial charge in [-0.05, 0) is 60.5 Å². The van der Waals surface area contributed by atoms with E-state index in [4.69, 9.17) is 4.74 Å². The van der Waals surface area contributed by atoms with Gasteiger partial charge in [-0.2, -0.15) is 0 Å². The van der Waals surface area contributed by atoms with Gasteiger partial charge in [-0.1, -0.05) is 37.3 Å². The highest BCUT2D eigenvalue weighted by Crippen LogP contribution is 2.20. The molecule has 0 bridgehead atoms. The Morgan fingerprint density at radius 3 is 2.13 bits per heavy atom. The van der Waals surface area contributed by atoms with Crippen LogP contribution in [0.2, 0.25) is 0 Å². The maximum absolute atomic E-state index is 12.6. The molecule has 0 fully saturated rings. The lowest BCUT2D eigenvalue weighted by Crippen LogP contribution is -2.28. The minimum Gasteiger partial charge on any atom is -0.497 e. The first-order valence-electron chi connectivity index (χ1n) is 9.55. The van der Waals surface area contributed by atoms with E-state index >= 15 is 0 Å². The van der Waals surface area contributed by atoms with Gasteiger partial charge in [0, 0.05) is 11.3 Å². The van der Waals surface area contributed by atoms with E-state index in [0.29, 0.717) is 17.0 Å². The van der Waals surface area contributed by atoms with Crippen molar-refractivity contribution in [1.82, 2.24) is 5.32 Å². The van der Waals surface area contributed by atoms with E-state index in [1.165, 1.54) is 19.2 Å². The molecule has 30 heavy (non-hydrogen) atoms. The molecule has 3 rings (SSSR count). The van der Waals surface area contributed by atoms with Crippen LogP contribution in [0.4, 0.5) is 5.69 Å². The number of amides is 1. The third-order valence-corrected chi connectivity index (χ3v) is 6.08. The molecule has 2 N–H and O–H groups in total. The molecule has 7 heteroatoms. The molecule has 0 saturated heterocycles. The van der Waals surface area contributed by atoms with Crippen LogP contribution < -0.4 is 14.8 Å². The fourth-order valence-electron chi connectivity index (χ4n) is 3.01. The second kappa shape index (κ2) is 9.45. The molecule has 156 valence electrons. The molecule has 0 aliphatic heterocycles. The molecule has 1 atom stereocenters. The van der Waals surface area contributed by atoms with Crippen molar-refractivity contribution in [2.24, 2.45) is 0 Å². The molecule has 0 radical (unpaired) electrons. The zero-order valence-electron chi connectivity index (χ0n) is 16.8. The highest BCUT2D eigenvalue weighted by Gasteiger charge is 2.16. The number of anilines is 1. The third-order valence-electron chi connectivity index (χ3n) is 4.68. The van der Waals surface area contributed by atoms with Gasteiger partial charge < -0.3 is 10.1 Å². The van der Waals surface area contributed by atoms with Crippen LogP contribution in [0.1, 0.15) is 35.3 Å². The van der Waals surface area contributed by atoms with E-state index in [9.17, 15) is 13.2 Å². The zero-order chi connectivity index (χ0) is 21.6. The van der Waals surface area contributed by atoms with Crippen molar-refractivity contribution >= 4 is 21.6 Å². The zero-order valence-corrected chi connectivity index (χ0v) is 17.6. The lowest BCUT2D eigenvalue weighted by Gasteiger charge is -2.17. The molecule has 6 nitrogen and oxygen atoms in total. The van der Waals surface area contributed by atoms with Crippen LogP contribution in [-0.2, 0) is 10.0 Å². The molecule has 3 aromatic rings. The van der Waals surface area contributed by atoms with Crippen LogP contribution in [0.25, 0.3) is 0 Å². The predicted molar refractivity (Wildman–Crippen MR) is 117 cm³/mol. The number of hydrogen-bond acceptors (Lipinski definition) is 4. The molecule has 3 aromatic carbocycles. The third kappa shape index (κ3) is 5.18. The molecule has 0 unspecified atom stereocenters. The molecule has 1 amide bonds. The van der Waals surface area contributed by atoms with Gasteiger partial charge in [-0.15, -0.1) is 0 Å². The maximum Gasteiger partial charge on any atom is 0.261 e. The summed E-state index contributed by atoms with van der Waals surface area (Å²) >= 11 is 0. The second-order valence-corrected chi connectivity index (χ2v) is 8.39. The second-order valence-electron chi connectivity index (χ2n) is 6.70. The Morgan fingerprint density at radius 2 is 1.57 bits per heavy atom. The van der Waals surface area contributed by atoms with Crippen molar-refractivity contribution < 1.29 is 17.9 Å². The normalized spacial score (nSPS) is 12.1. The Hall–Kier alpha value is -3.32. The fourth-order valence-corrected chi connectivity index (χ4v) is 4.07. The maximum atomic E-state index is 12.6. The van der Waals surface area contributed by atoms with Crippen molar-refractivity contribution in [2.45, 2.75) is 24.3 Å². The van der Waals surface area contributed by atoms with Crippen molar-refractivity contribution in [3.05, 3.63) is 90.0 Å². The fraction of sp³-hybridized carbons (Fsp3) is 0.174. The first kappa shape index (κ1) is 21.4. The van der Waals surface area contributed by atoms with Gasteiger partial charge in [0.25, 0.3) is 15.9 Å². The first-order chi connectivity index (χ1) is 14.4. The number of rotatable bonds is 8. The Morgan fingerprint density at radius 1 is 0.933 bits per heavy atom. The van der Waals surface area contributed by atoms with Gasteiger partial charge >= 0.3 is 0 Å². The highest BCUT2D eigenvalue weighted by molar-refractivity contribution is 7.92. The molecule has 0 aliphatic carbocycles. The number of ether oxygens (including phenoxy) is 1. The predicted octanol–water partition coefficient (Wildman–Crippen LogP) is 4.38. The summed E-state index contributed by atoms with van der Waals surface area (Å²) in [5, 5.41) is 3.01. The number of carbonyl (C=O) groups excluding carboxylic acids is 1. The van der Waals surface area contributed by atoms with Crippen LogP contribution in [0.3, 0.4) is 0 Å². The summed E-state index contributed by atoms with van der Waals surface area (Å²) < 4.78 is 32.6. The Bertz CT molecular complexity index is 1080. The smallest absolute Gasteiger partial charge is 0.261 e. The van der Waals surface area contributed by atoms with Crippen LogP contribution in [0.15, 0.2) is 83.8 Å². The van der Waals surface area contributed by atoms with Crippen molar-refractivity contribution in [2.75, 3.05) is 11.8 Å². The molecule has 0 heterocycles. The molecule has 0 spiro atoms. The SMILES string of the molecule is CC[C@H](NC(=O)c1ccc(NS(=O)(=O)c2ccc(OC)cc2)cc1)c1ccccc1. The van der Waals surface area contributed by atoms with Crippen LogP contribution in [0, 0.1) is 0 Å². The van der Waals surface area contributed by atoms with E-state index in [-0.39, 0.29) is 16.8 Å². The van der Waals surface area contributed by atoms with Crippen LogP contribution in [0.5, 0.6) is 5.75 Å². The number of benzene rings is 3. The van der Waals surface area contributed by atoms with E-state index in [1.54, 1.807) is 36.4 Å². The standard InChI is InChI=1S/C23H24N2O4S/c1-3-22(17-7-5-4-6-8-17)24-23(26)18-9-11-19(12-10-18)25-30(27,28)21-15-13-20(29-2)14-16-21/h4-16,22,25H,3H2,1-2H3,(H,24,26)/t22-/m0/s1. The van der Waals surface area contributed by atoms with E-state index in [0.717, 1.165) is 12.0 Å². The van der Waals surface area contributed by atoms with Gasteiger partial charge in [0.05, 0.1) is 18.0 Å². The molecule has 0 aliphatic rings. The monoisotopic (exact) mass is 424 g/mol. The van der Waals surface area contributed by atoms with Gasteiger partial charge in [0.15, 0.2) is 0 Å². The van der Waals surface area contributed by atoms with Gasteiger partial charge in [-0.25, -0.2) is 8.42 Å². The molecular formula is C23H24N2O4S. The Balaban J connectivity index is 1.68. The van der Waals surface area contributed by atoms with E-state index in [1.807, 2.05) is 37.3 Å². The summed E-state index contributed by atoms with van der Waals surface area (Å²) in [6.45, 7) is 2.01. The average molecular weight is 425 g/mol. The largest absolute Gasteiger partial charge is 0.497 e. The Labute approximate surface area is 177 Å². The van der Waals surface area contributed by atoms with E-state index in [2.05, 4.69) is 10.0 Å². The summed E-state index contributed by atoms with van der Waals surface area (Å²) in [5.74, 6) is 0.362. The number of methoxy groups -OCH3 is 1. The van der Waals surface area contributed by atoms with Gasteiger partial charge in [0.1, 0.15) is 5.75 Å². The van der Waals surface area contributed by atoms with E-state index < -0.39 is 10.0 Å². The lowest BCUT2D eigenvalue weighted by atomic mass is 10.0. The molecular weight excluding hydrogens is 400 g/mol. The minimum atomic E-state index is -3.74. The number of nitrogens with one attached hydrogen (secondary N) is 2. The summed E-state index contributed by atoms with van der Waals surface area (Å²) in [5.41, 5.74) is 1.87. The summed E-state index contributed by atoms with van der Waals surface area (Å²) in [7, 11) is -2.22. The molecule has 0 aromatic heterocycles. The molecule has 0 saturated carbocycles. The minimum absolute atomic E-state index is 0.0908. The number of hydrogen-bond donors (Lipinski definition) is 2. The number of sulfonamides is 1. The highest BCUT2D eigenvalue weighted by atomic mass is 32.2. The van der Waals surface area contributed by atoms with Gasteiger partial charge in [-0.3, -0.25) is 9.52 Å². The summed E-state index contributed by atoms with van der Waals surface area (Å²) in [6, 6.07) is 22.1. The quantitative estimate of drug-likeness (QED) is 0.562.